The minimum absolute atomic E-state index is 0.646. The van der Waals surface area contributed by atoms with Gasteiger partial charge in [0.25, 0.3) is 0 Å². The lowest BCUT2D eigenvalue weighted by atomic mass is 9.88. The summed E-state index contributed by atoms with van der Waals surface area (Å²) in [4.78, 5) is 2.41. The minimum Gasteiger partial charge on any atom is -0.302 e. The van der Waals surface area contributed by atoms with Crippen molar-refractivity contribution in [3.63, 3.8) is 0 Å². The Bertz CT molecular complexity index is 379. The van der Waals surface area contributed by atoms with E-state index in [2.05, 4.69) is 44.9 Å². The number of hydrogen-bond donors (Lipinski definition) is 0. The maximum atomic E-state index is 2.46. The number of rotatable bonds is 2. The molecular formula is C15H23N. The molecule has 0 unspecified atom stereocenters. The zero-order chi connectivity index (χ0) is 11.7. The molecule has 1 heteroatoms. The van der Waals surface area contributed by atoms with E-state index in [0.717, 1.165) is 13.0 Å². The van der Waals surface area contributed by atoms with Crippen LogP contribution in [0.1, 0.15) is 48.9 Å². The van der Waals surface area contributed by atoms with Crippen molar-refractivity contribution >= 4 is 0 Å². The molecule has 88 valence electrons. The minimum atomic E-state index is 0.646. The van der Waals surface area contributed by atoms with Crippen molar-refractivity contribution in [3.8, 4) is 0 Å². The lowest BCUT2D eigenvalue weighted by Crippen LogP contribution is -2.27. The van der Waals surface area contributed by atoms with Crippen LogP contribution in [0.15, 0.2) is 12.1 Å². The van der Waals surface area contributed by atoms with E-state index in [0.29, 0.717) is 5.92 Å². The monoisotopic (exact) mass is 217 g/mol. The van der Waals surface area contributed by atoms with Crippen molar-refractivity contribution in [3.05, 3.63) is 34.4 Å². The van der Waals surface area contributed by atoms with Crippen molar-refractivity contribution in [2.75, 3.05) is 13.6 Å². The lowest BCUT2D eigenvalue weighted by molar-refractivity contribution is 0.312. The second kappa shape index (κ2) is 4.58. The molecule has 0 spiro atoms. The molecule has 1 heterocycles. The number of benzene rings is 1. The molecule has 0 amide bonds. The Morgan fingerprint density at radius 1 is 1.25 bits per heavy atom. The summed E-state index contributed by atoms with van der Waals surface area (Å²) in [6.45, 7) is 9.19. The van der Waals surface area contributed by atoms with Gasteiger partial charge >= 0.3 is 0 Å². The Kier molecular flexibility index (Phi) is 3.34. The van der Waals surface area contributed by atoms with Gasteiger partial charge in [0.2, 0.25) is 0 Å². The predicted molar refractivity (Wildman–Crippen MR) is 69.9 cm³/mol. The van der Waals surface area contributed by atoms with Gasteiger partial charge in [0.15, 0.2) is 0 Å². The van der Waals surface area contributed by atoms with Gasteiger partial charge in [-0.1, -0.05) is 32.9 Å². The molecule has 1 aromatic carbocycles. The van der Waals surface area contributed by atoms with Crippen LogP contribution in [0, 0.1) is 0 Å². The zero-order valence-electron chi connectivity index (χ0n) is 11.0. The predicted octanol–water partition coefficient (Wildman–Crippen LogP) is 3.36. The fraction of sp³-hybridized carbons (Fsp3) is 0.600. The first-order chi connectivity index (χ1) is 7.61. The van der Waals surface area contributed by atoms with Gasteiger partial charge in [0, 0.05) is 13.1 Å². The molecule has 2 rings (SSSR count). The van der Waals surface area contributed by atoms with Crippen molar-refractivity contribution in [2.45, 2.75) is 46.1 Å². The summed E-state index contributed by atoms with van der Waals surface area (Å²) in [5.41, 5.74) is 6.24. The van der Waals surface area contributed by atoms with Gasteiger partial charge in [0.1, 0.15) is 0 Å². The van der Waals surface area contributed by atoms with Crippen LogP contribution in [0.3, 0.4) is 0 Å². The molecule has 0 N–H and O–H groups in total. The first-order valence-corrected chi connectivity index (χ1v) is 6.45. The van der Waals surface area contributed by atoms with Gasteiger partial charge in [0.05, 0.1) is 0 Å². The van der Waals surface area contributed by atoms with Crippen LogP contribution in [0.4, 0.5) is 0 Å². The molecule has 1 aliphatic heterocycles. The second-order valence-electron chi connectivity index (χ2n) is 5.32. The van der Waals surface area contributed by atoms with Crippen molar-refractivity contribution in [1.82, 2.24) is 4.90 Å². The van der Waals surface area contributed by atoms with Gasteiger partial charge < -0.3 is 4.90 Å². The number of nitrogens with zero attached hydrogens (tertiary/aromatic N) is 1. The Hall–Kier alpha value is -0.820. The highest BCUT2D eigenvalue weighted by atomic mass is 15.1. The third-order valence-corrected chi connectivity index (χ3v) is 3.67. The quantitative estimate of drug-likeness (QED) is 0.734. The van der Waals surface area contributed by atoms with Gasteiger partial charge in [-0.15, -0.1) is 0 Å². The smallest absolute Gasteiger partial charge is 0.0233 e. The fourth-order valence-corrected chi connectivity index (χ4v) is 2.66. The molecule has 1 aromatic rings. The van der Waals surface area contributed by atoms with Crippen LogP contribution in [-0.2, 0) is 19.4 Å². The topological polar surface area (TPSA) is 3.24 Å². The molecular weight excluding hydrogens is 194 g/mol. The fourth-order valence-electron chi connectivity index (χ4n) is 2.66. The third-order valence-electron chi connectivity index (χ3n) is 3.67. The molecule has 0 atom stereocenters. The van der Waals surface area contributed by atoms with E-state index in [1.54, 1.807) is 22.3 Å². The lowest BCUT2D eigenvalue weighted by Gasteiger charge is -2.27. The molecule has 1 nitrogen and oxygen atoms in total. The van der Waals surface area contributed by atoms with Crippen molar-refractivity contribution < 1.29 is 0 Å². The average molecular weight is 217 g/mol. The van der Waals surface area contributed by atoms with Crippen molar-refractivity contribution in [1.29, 1.82) is 0 Å². The summed E-state index contributed by atoms with van der Waals surface area (Å²) in [6, 6.07) is 4.91. The average Bonchev–Trinajstić information content (AvgIpc) is 2.27. The summed E-state index contributed by atoms with van der Waals surface area (Å²) in [6.07, 6.45) is 2.38. The van der Waals surface area contributed by atoms with E-state index >= 15 is 0 Å². The third kappa shape index (κ3) is 2.15. The molecule has 16 heavy (non-hydrogen) atoms. The van der Waals surface area contributed by atoms with E-state index < -0.39 is 0 Å². The van der Waals surface area contributed by atoms with E-state index in [1.807, 2.05) is 0 Å². The highest BCUT2D eigenvalue weighted by Crippen LogP contribution is 2.27. The van der Waals surface area contributed by atoms with Crippen LogP contribution in [0.5, 0.6) is 0 Å². The summed E-state index contributed by atoms with van der Waals surface area (Å²) in [7, 11) is 2.21. The van der Waals surface area contributed by atoms with E-state index in [-0.39, 0.29) is 0 Å². The second-order valence-corrected chi connectivity index (χ2v) is 5.32. The zero-order valence-corrected chi connectivity index (χ0v) is 11.0. The Balaban J connectivity index is 2.44. The Labute approximate surface area is 99.5 Å². The number of hydrogen-bond acceptors (Lipinski definition) is 1. The Morgan fingerprint density at radius 3 is 2.62 bits per heavy atom. The molecule has 1 aliphatic rings. The van der Waals surface area contributed by atoms with Crippen LogP contribution < -0.4 is 0 Å². The van der Waals surface area contributed by atoms with Gasteiger partial charge in [-0.25, -0.2) is 0 Å². The molecule has 0 saturated carbocycles. The molecule has 0 radical (unpaired) electrons. The largest absolute Gasteiger partial charge is 0.302 e. The molecule has 0 aromatic heterocycles. The summed E-state index contributed by atoms with van der Waals surface area (Å²) < 4.78 is 0. The van der Waals surface area contributed by atoms with Crippen molar-refractivity contribution in [2.24, 2.45) is 0 Å². The van der Waals surface area contributed by atoms with E-state index in [4.69, 9.17) is 0 Å². The highest BCUT2D eigenvalue weighted by molar-refractivity contribution is 5.41. The maximum absolute atomic E-state index is 2.46. The van der Waals surface area contributed by atoms with Crippen LogP contribution in [0.25, 0.3) is 0 Å². The molecule has 0 fully saturated rings. The van der Waals surface area contributed by atoms with Crippen LogP contribution in [0.2, 0.25) is 0 Å². The van der Waals surface area contributed by atoms with Crippen LogP contribution in [-0.4, -0.2) is 18.5 Å². The van der Waals surface area contributed by atoms with Crippen LogP contribution >= 0.6 is 0 Å². The van der Waals surface area contributed by atoms with Gasteiger partial charge in [-0.3, -0.25) is 0 Å². The SMILES string of the molecule is CCc1cc2c(cc1C(C)C)CN(C)CC2. The van der Waals surface area contributed by atoms with Gasteiger partial charge in [-0.2, -0.15) is 0 Å². The molecule has 0 saturated heterocycles. The number of likely N-dealkylation sites (N-methyl/N-ethyl adjacent to an activating group) is 1. The number of aryl methyl sites for hydroxylation is 1. The highest BCUT2D eigenvalue weighted by Gasteiger charge is 2.16. The standard InChI is InChI=1S/C15H23N/c1-5-12-8-13-6-7-16(4)10-14(13)9-15(12)11(2)3/h8-9,11H,5-7,10H2,1-4H3. The van der Waals surface area contributed by atoms with E-state index in [9.17, 15) is 0 Å². The summed E-state index contributed by atoms with van der Waals surface area (Å²) in [5.74, 6) is 0.646. The summed E-state index contributed by atoms with van der Waals surface area (Å²) in [5, 5.41) is 0. The summed E-state index contributed by atoms with van der Waals surface area (Å²) >= 11 is 0. The molecule has 0 bridgehead atoms. The first kappa shape index (κ1) is 11.7. The molecule has 0 aliphatic carbocycles. The van der Waals surface area contributed by atoms with Gasteiger partial charge in [-0.05, 0) is 48.1 Å². The maximum Gasteiger partial charge on any atom is 0.0233 e. The normalized spacial score (nSPS) is 16.6. The number of fused-ring (bicyclic) bond motifs is 1. The Morgan fingerprint density at radius 2 is 2.00 bits per heavy atom. The van der Waals surface area contributed by atoms with E-state index in [1.165, 1.54) is 13.0 Å². The first-order valence-electron chi connectivity index (χ1n) is 6.45.